The highest BCUT2D eigenvalue weighted by atomic mass is 32.2. The molecule has 0 aliphatic heterocycles. The van der Waals surface area contributed by atoms with E-state index in [0.29, 0.717) is 29.1 Å². The van der Waals surface area contributed by atoms with Crippen molar-refractivity contribution in [3.8, 4) is 11.8 Å². The first-order valence-corrected chi connectivity index (χ1v) is 10.1. The van der Waals surface area contributed by atoms with E-state index in [0.717, 1.165) is 5.56 Å². The Hall–Kier alpha value is -2.98. The highest BCUT2D eigenvalue weighted by molar-refractivity contribution is 7.98. The van der Waals surface area contributed by atoms with Gasteiger partial charge in [-0.25, -0.2) is 4.79 Å². The Balaban J connectivity index is 2.03. The van der Waals surface area contributed by atoms with E-state index in [9.17, 15) is 9.59 Å². The molecular weight excluding hydrogens is 376 g/mol. The van der Waals surface area contributed by atoms with Gasteiger partial charge in [0.05, 0.1) is 24.3 Å². The monoisotopic (exact) mass is 398 g/mol. The number of nitrogens with one attached hydrogen (secondary N) is 1. The van der Waals surface area contributed by atoms with Crippen LogP contribution in [0.3, 0.4) is 0 Å². The van der Waals surface area contributed by atoms with Crippen LogP contribution >= 0.6 is 11.8 Å². The third kappa shape index (κ3) is 6.03. The van der Waals surface area contributed by atoms with Crippen LogP contribution in [0.2, 0.25) is 0 Å². The molecule has 1 N–H and O–H groups in total. The summed E-state index contributed by atoms with van der Waals surface area (Å²) in [5, 5.41) is 11.6. The first-order valence-electron chi connectivity index (χ1n) is 8.67. The maximum atomic E-state index is 12.6. The molecule has 1 amide bonds. The van der Waals surface area contributed by atoms with Crippen LogP contribution in [0.5, 0.6) is 5.75 Å². The lowest BCUT2D eigenvalue weighted by atomic mass is 10.1. The zero-order chi connectivity index (χ0) is 20.4. The third-order valence-corrected chi connectivity index (χ3v) is 4.66. The van der Waals surface area contributed by atoms with E-state index in [1.54, 1.807) is 60.3 Å². The normalized spacial score (nSPS) is 11.2. The molecule has 2 aromatic carbocycles. The van der Waals surface area contributed by atoms with Crippen molar-refractivity contribution in [1.29, 1.82) is 5.26 Å². The minimum atomic E-state index is -0.761. The highest BCUT2D eigenvalue weighted by Gasteiger charge is 2.24. The van der Waals surface area contributed by atoms with Crippen molar-refractivity contribution in [3.63, 3.8) is 0 Å². The molecule has 1 atom stereocenters. The Labute approximate surface area is 168 Å². The lowest BCUT2D eigenvalue weighted by molar-refractivity contribution is -0.147. The van der Waals surface area contributed by atoms with E-state index in [2.05, 4.69) is 5.32 Å². The first kappa shape index (κ1) is 21.3. The Morgan fingerprint density at radius 3 is 2.54 bits per heavy atom. The lowest BCUT2D eigenvalue weighted by Crippen LogP contribution is -2.42. The van der Waals surface area contributed by atoms with Crippen LogP contribution in [0.25, 0.3) is 0 Å². The molecule has 0 aliphatic rings. The Bertz CT molecular complexity index is 846. The number of rotatable bonds is 9. The standard InChI is InChI=1S/C21H22N2O4S/c1-26-19-6-4-3-5-17(19)20(24)23-18(11-12-28-2)21(25)27-14-16-9-7-15(13-22)8-10-16/h3-10,18H,11-12,14H2,1-2H3,(H,23,24)/t18-/m0/s1. The number of methoxy groups -OCH3 is 1. The van der Waals surface area contributed by atoms with Crippen molar-refractivity contribution < 1.29 is 19.1 Å². The quantitative estimate of drug-likeness (QED) is 0.653. The summed E-state index contributed by atoms with van der Waals surface area (Å²) in [6, 6.07) is 14.9. The largest absolute Gasteiger partial charge is 0.496 e. The second-order valence-electron chi connectivity index (χ2n) is 5.92. The molecule has 6 nitrogen and oxygen atoms in total. The fourth-order valence-electron chi connectivity index (χ4n) is 2.48. The van der Waals surface area contributed by atoms with Gasteiger partial charge in [-0.15, -0.1) is 0 Å². The average molecular weight is 398 g/mol. The second kappa shape index (κ2) is 11.0. The summed E-state index contributed by atoms with van der Waals surface area (Å²) in [6.07, 6.45) is 2.38. The molecular formula is C21H22N2O4S. The number of nitrogens with zero attached hydrogens (tertiary/aromatic N) is 1. The summed E-state index contributed by atoms with van der Waals surface area (Å²) in [5.41, 5.74) is 1.67. The molecule has 0 saturated heterocycles. The third-order valence-electron chi connectivity index (χ3n) is 4.02. The Morgan fingerprint density at radius 1 is 1.18 bits per heavy atom. The van der Waals surface area contributed by atoms with Crippen LogP contribution in [0, 0.1) is 11.3 Å². The van der Waals surface area contributed by atoms with Crippen molar-refractivity contribution in [1.82, 2.24) is 5.32 Å². The summed E-state index contributed by atoms with van der Waals surface area (Å²) >= 11 is 1.58. The Kier molecular flexibility index (Phi) is 8.37. The van der Waals surface area contributed by atoms with Crippen LogP contribution < -0.4 is 10.1 Å². The summed E-state index contributed by atoms with van der Waals surface area (Å²) in [7, 11) is 1.49. The average Bonchev–Trinajstić information content (AvgIpc) is 2.75. The molecule has 7 heteroatoms. The van der Waals surface area contributed by atoms with Crippen LogP contribution in [0.1, 0.15) is 27.9 Å². The number of amides is 1. The maximum Gasteiger partial charge on any atom is 0.329 e. The van der Waals surface area contributed by atoms with E-state index < -0.39 is 12.0 Å². The van der Waals surface area contributed by atoms with Crippen molar-refractivity contribution in [2.24, 2.45) is 0 Å². The Morgan fingerprint density at radius 2 is 1.89 bits per heavy atom. The number of carbonyl (C=O) groups is 2. The lowest BCUT2D eigenvalue weighted by Gasteiger charge is -2.18. The second-order valence-corrected chi connectivity index (χ2v) is 6.91. The summed E-state index contributed by atoms with van der Waals surface area (Å²) in [4.78, 5) is 25.1. The maximum absolute atomic E-state index is 12.6. The van der Waals surface area contributed by atoms with Gasteiger partial charge in [0.2, 0.25) is 0 Å². The molecule has 0 heterocycles. The van der Waals surface area contributed by atoms with Gasteiger partial charge in [-0.1, -0.05) is 24.3 Å². The van der Waals surface area contributed by atoms with Gasteiger partial charge >= 0.3 is 5.97 Å². The fourth-order valence-corrected chi connectivity index (χ4v) is 2.95. The smallest absolute Gasteiger partial charge is 0.329 e. The fraction of sp³-hybridized carbons (Fsp3) is 0.286. The number of para-hydroxylation sites is 1. The van der Waals surface area contributed by atoms with Gasteiger partial charge in [0.25, 0.3) is 5.91 Å². The van der Waals surface area contributed by atoms with Gasteiger partial charge in [0, 0.05) is 0 Å². The number of carbonyl (C=O) groups excluding carboxylic acids is 2. The molecule has 2 aromatic rings. The molecule has 0 aromatic heterocycles. The van der Waals surface area contributed by atoms with Crippen LogP contribution in [-0.2, 0) is 16.1 Å². The molecule has 146 valence electrons. The topological polar surface area (TPSA) is 88.4 Å². The van der Waals surface area contributed by atoms with E-state index >= 15 is 0 Å². The minimum absolute atomic E-state index is 0.0742. The predicted molar refractivity (Wildman–Crippen MR) is 108 cm³/mol. The van der Waals surface area contributed by atoms with E-state index in [4.69, 9.17) is 14.7 Å². The van der Waals surface area contributed by atoms with Crippen LogP contribution in [0.15, 0.2) is 48.5 Å². The minimum Gasteiger partial charge on any atom is -0.496 e. The SMILES string of the molecule is COc1ccccc1C(=O)N[C@@H](CCSC)C(=O)OCc1ccc(C#N)cc1. The summed E-state index contributed by atoms with van der Waals surface area (Å²) < 4.78 is 10.6. The van der Waals surface area contributed by atoms with E-state index in [1.807, 2.05) is 12.3 Å². The van der Waals surface area contributed by atoms with Gasteiger partial charge in [0.15, 0.2) is 0 Å². The molecule has 0 fully saturated rings. The molecule has 0 saturated carbocycles. The van der Waals surface area contributed by atoms with Crippen molar-refractivity contribution >= 4 is 23.6 Å². The van der Waals surface area contributed by atoms with Crippen molar-refractivity contribution in [2.45, 2.75) is 19.1 Å². The van der Waals surface area contributed by atoms with Gasteiger partial charge in [-0.3, -0.25) is 4.79 Å². The number of ether oxygens (including phenoxy) is 2. The molecule has 28 heavy (non-hydrogen) atoms. The molecule has 0 aliphatic carbocycles. The molecule has 2 rings (SSSR count). The number of benzene rings is 2. The van der Waals surface area contributed by atoms with Crippen molar-refractivity contribution in [2.75, 3.05) is 19.1 Å². The van der Waals surface area contributed by atoms with E-state index in [-0.39, 0.29) is 12.5 Å². The number of nitriles is 1. The summed E-state index contributed by atoms with van der Waals surface area (Å²) in [5.74, 6) is 0.248. The molecule has 0 spiro atoms. The van der Waals surface area contributed by atoms with Crippen LogP contribution in [0.4, 0.5) is 0 Å². The van der Waals surface area contributed by atoms with Crippen molar-refractivity contribution in [3.05, 3.63) is 65.2 Å². The highest BCUT2D eigenvalue weighted by Crippen LogP contribution is 2.17. The zero-order valence-corrected chi connectivity index (χ0v) is 16.6. The van der Waals surface area contributed by atoms with Gasteiger partial charge in [-0.05, 0) is 48.3 Å². The molecule has 0 radical (unpaired) electrons. The van der Waals surface area contributed by atoms with Crippen LogP contribution in [-0.4, -0.2) is 37.0 Å². The number of esters is 1. The van der Waals surface area contributed by atoms with E-state index in [1.165, 1.54) is 7.11 Å². The molecule has 0 bridgehead atoms. The number of hydrogen-bond acceptors (Lipinski definition) is 6. The zero-order valence-electron chi connectivity index (χ0n) is 15.8. The van der Waals surface area contributed by atoms with Gasteiger partial charge in [-0.2, -0.15) is 17.0 Å². The molecule has 0 unspecified atom stereocenters. The first-order chi connectivity index (χ1) is 13.6. The summed E-state index contributed by atoms with van der Waals surface area (Å²) in [6.45, 7) is 0.0742. The van der Waals surface area contributed by atoms with Gasteiger partial charge in [0.1, 0.15) is 18.4 Å². The number of hydrogen-bond donors (Lipinski definition) is 1. The van der Waals surface area contributed by atoms with Gasteiger partial charge < -0.3 is 14.8 Å². The number of thioether (sulfide) groups is 1. The predicted octanol–water partition coefficient (Wildman–Crippen LogP) is 3.16.